The van der Waals surface area contributed by atoms with E-state index < -0.39 is 0 Å². The van der Waals surface area contributed by atoms with Crippen LogP contribution >= 0.6 is 11.3 Å². The molecule has 1 amide bonds. The van der Waals surface area contributed by atoms with E-state index in [0.29, 0.717) is 45.9 Å². The summed E-state index contributed by atoms with van der Waals surface area (Å²) in [6.45, 7) is 5.46. The van der Waals surface area contributed by atoms with E-state index in [9.17, 15) is 9.18 Å². The van der Waals surface area contributed by atoms with Crippen molar-refractivity contribution in [1.82, 2.24) is 14.8 Å². The van der Waals surface area contributed by atoms with Crippen molar-refractivity contribution in [3.05, 3.63) is 51.7 Å². The number of thiazole rings is 1. The maximum absolute atomic E-state index is 13.9. The van der Waals surface area contributed by atoms with Gasteiger partial charge in [-0.15, -0.1) is 11.3 Å². The van der Waals surface area contributed by atoms with Crippen LogP contribution in [-0.4, -0.2) is 66.6 Å². The summed E-state index contributed by atoms with van der Waals surface area (Å²) in [5.74, 6) is -0.124. The molecule has 0 saturated carbocycles. The van der Waals surface area contributed by atoms with Crippen molar-refractivity contribution >= 4 is 17.2 Å². The van der Waals surface area contributed by atoms with E-state index in [2.05, 4.69) is 9.88 Å². The Morgan fingerprint density at radius 3 is 2.77 bits per heavy atom. The van der Waals surface area contributed by atoms with Crippen molar-refractivity contribution in [2.24, 2.45) is 5.92 Å². The topological polar surface area (TPSA) is 54.9 Å². The Bertz CT molecular complexity index is 909. The Morgan fingerprint density at radius 2 is 2.03 bits per heavy atom. The van der Waals surface area contributed by atoms with Crippen LogP contribution in [0.4, 0.5) is 4.39 Å². The number of hydrogen-bond acceptors (Lipinski definition) is 6. The predicted octanol–water partition coefficient (Wildman–Crippen LogP) is 2.82. The van der Waals surface area contributed by atoms with Crippen LogP contribution < -0.4 is 0 Å². The van der Waals surface area contributed by atoms with Crippen molar-refractivity contribution in [3.8, 4) is 0 Å². The van der Waals surface area contributed by atoms with E-state index in [4.69, 9.17) is 9.47 Å². The average Bonchev–Trinajstić information content (AvgIpc) is 3.44. The van der Waals surface area contributed by atoms with E-state index in [-0.39, 0.29) is 23.2 Å². The number of benzene rings is 1. The van der Waals surface area contributed by atoms with Gasteiger partial charge in [-0.2, -0.15) is 0 Å². The Morgan fingerprint density at radius 1 is 1.23 bits per heavy atom. The third-order valence-electron chi connectivity index (χ3n) is 6.79. The van der Waals surface area contributed by atoms with Crippen LogP contribution in [0.5, 0.6) is 0 Å². The molecule has 1 atom stereocenters. The molecule has 0 N–H and O–H groups in total. The molecule has 0 radical (unpaired) electrons. The Labute approximate surface area is 186 Å². The molecule has 2 fully saturated rings. The summed E-state index contributed by atoms with van der Waals surface area (Å²) >= 11 is 1.61. The van der Waals surface area contributed by atoms with Crippen molar-refractivity contribution in [3.63, 3.8) is 0 Å². The molecule has 3 aliphatic heterocycles. The molecule has 2 aromatic rings. The lowest BCUT2D eigenvalue weighted by Crippen LogP contribution is -2.49. The van der Waals surface area contributed by atoms with Gasteiger partial charge < -0.3 is 19.3 Å². The molecular formula is C23H28FN3O3S. The van der Waals surface area contributed by atoms with Gasteiger partial charge in [0.2, 0.25) is 5.91 Å². The first kappa shape index (κ1) is 21.0. The number of hydrogen-bond donors (Lipinski definition) is 0. The Balaban J connectivity index is 1.26. The molecule has 0 aliphatic carbocycles. The van der Waals surface area contributed by atoms with Crippen molar-refractivity contribution < 1.29 is 18.7 Å². The van der Waals surface area contributed by atoms with Crippen molar-refractivity contribution in [2.45, 2.75) is 31.5 Å². The molecular weight excluding hydrogens is 417 g/mol. The number of morpholine rings is 1. The second-order valence-corrected chi connectivity index (χ2v) is 9.63. The summed E-state index contributed by atoms with van der Waals surface area (Å²) in [5.41, 5.74) is 1.72. The molecule has 1 unspecified atom stereocenters. The zero-order chi connectivity index (χ0) is 21.3. The van der Waals surface area contributed by atoms with E-state index >= 15 is 0 Å². The number of nitrogens with zero attached hydrogens (tertiary/aromatic N) is 3. The first-order valence-electron chi connectivity index (χ1n) is 11.0. The number of fused-ring (bicyclic) bond motifs is 2. The number of halogens is 1. The molecule has 166 valence electrons. The fourth-order valence-electron chi connectivity index (χ4n) is 5.05. The molecule has 3 aliphatic rings. The van der Waals surface area contributed by atoms with Gasteiger partial charge in [-0.05, 0) is 36.1 Å². The van der Waals surface area contributed by atoms with Gasteiger partial charge in [0, 0.05) is 50.7 Å². The minimum Gasteiger partial charge on any atom is -0.378 e. The van der Waals surface area contributed by atoms with Crippen LogP contribution in [0.15, 0.2) is 29.8 Å². The summed E-state index contributed by atoms with van der Waals surface area (Å²) < 4.78 is 25.5. The minimum absolute atomic E-state index is 0.118. The van der Waals surface area contributed by atoms with Crippen molar-refractivity contribution in [1.29, 1.82) is 0 Å². The quantitative estimate of drug-likeness (QED) is 0.709. The molecule has 1 aromatic carbocycles. The standard InChI is InChI=1S/C23H28FN3O3S/c24-19-2-1-17-16-30-23(20(17)14-19)3-6-26(7-4-23)15-18(13-21-25-5-12-31-21)22(28)27-8-10-29-11-9-27/h1-2,5,12,14,18H,3-4,6-11,13,15-16H2. The van der Waals surface area contributed by atoms with Crippen LogP contribution in [0.3, 0.4) is 0 Å². The maximum Gasteiger partial charge on any atom is 0.227 e. The van der Waals surface area contributed by atoms with Crippen LogP contribution in [0.25, 0.3) is 0 Å². The highest BCUT2D eigenvalue weighted by atomic mass is 32.1. The number of rotatable bonds is 5. The van der Waals surface area contributed by atoms with Gasteiger partial charge in [-0.3, -0.25) is 4.79 Å². The van der Waals surface area contributed by atoms with Gasteiger partial charge in [0.15, 0.2) is 0 Å². The van der Waals surface area contributed by atoms with E-state index in [1.807, 2.05) is 16.3 Å². The Kier molecular flexibility index (Phi) is 6.05. The summed E-state index contributed by atoms with van der Waals surface area (Å²) in [6, 6.07) is 5.00. The van der Waals surface area contributed by atoms with Gasteiger partial charge in [0.1, 0.15) is 5.82 Å². The number of likely N-dealkylation sites (tertiary alicyclic amines) is 1. The molecule has 8 heteroatoms. The maximum atomic E-state index is 13.9. The molecule has 5 rings (SSSR count). The van der Waals surface area contributed by atoms with Crippen LogP contribution in [0.1, 0.15) is 29.0 Å². The number of ether oxygens (including phenoxy) is 2. The van der Waals surface area contributed by atoms with E-state index in [1.54, 1.807) is 23.6 Å². The first-order chi connectivity index (χ1) is 15.1. The zero-order valence-corrected chi connectivity index (χ0v) is 18.4. The fourth-order valence-corrected chi connectivity index (χ4v) is 5.75. The summed E-state index contributed by atoms with van der Waals surface area (Å²) in [4.78, 5) is 22.0. The smallest absolute Gasteiger partial charge is 0.227 e. The second kappa shape index (κ2) is 8.94. The molecule has 2 saturated heterocycles. The van der Waals surface area contributed by atoms with Crippen LogP contribution in [0.2, 0.25) is 0 Å². The average molecular weight is 446 g/mol. The predicted molar refractivity (Wildman–Crippen MR) is 115 cm³/mol. The minimum atomic E-state index is -0.382. The number of amides is 1. The first-order valence-corrected chi connectivity index (χ1v) is 11.9. The summed E-state index contributed by atoms with van der Waals surface area (Å²) in [5, 5.41) is 2.97. The lowest BCUT2D eigenvalue weighted by atomic mass is 9.83. The lowest BCUT2D eigenvalue weighted by Gasteiger charge is -2.40. The Hall–Kier alpha value is -1.87. The van der Waals surface area contributed by atoms with Crippen LogP contribution in [0, 0.1) is 11.7 Å². The lowest BCUT2D eigenvalue weighted by molar-refractivity contribution is -0.141. The number of carbonyl (C=O) groups is 1. The van der Waals surface area contributed by atoms with Crippen molar-refractivity contribution in [2.75, 3.05) is 45.9 Å². The highest BCUT2D eigenvalue weighted by Crippen LogP contribution is 2.44. The van der Waals surface area contributed by atoms with E-state index in [0.717, 1.165) is 42.1 Å². The zero-order valence-electron chi connectivity index (χ0n) is 17.6. The molecule has 31 heavy (non-hydrogen) atoms. The highest BCUT2D eigenvalue weighted by Gasteiger charge is 2.43. The second-order valence-electron chi connectivity index (χ2n) is 8.65. The van der Waals surface area contributed by atoms with E-state index in [1.165, 1.54) is 6.07 Å². The molecule has 6 nitrogen and oxygen atoms in total. The van der Waals surface area contributed by atoms with Crippen LogP contribution in [-0.2, 0) is 32.9 Å². The fraction of sp³-hybridized carbons (Fsp3) is 0.565. The SMILES string of the molecule is O=C(C(Cc1nccs1)CN1CCC2(CC1)OCc1ccc(F)cc12)N1CCOCC1. The summed E-state index contributed by atoms with van der Waals surface area (Å²) in [7, 11) is 0. The largest absolute Gasteiger partial charge is 0.378 e. The molecule has 1 aromatic heterocycles. The molecule has 0 bridgehead atoms. The van der Waals surface area contributed by atoms with Gasteiger partial charge in [-0.1, -0.05) is 6.07 Å². The summed E-state index contributed by atoms with van der Waals surface area (Å²) in [6.07, 6.45) is 4.10. The number of piperidine rings is 1. The van der Waals surface area contributed by atoms with Gasteiger partial charge in [0.05, 0.1) is 36.3 Å². The number of aromatic nitrogens is 1. The van der Waals surface area contributed by atoms with Gasteiger partial charge >= 0.3 is 0 Å². The monoisotopic (exact) mass is 445 g/mol. The third-order valence-corrected chi connectivity index (χ3v) is 7.59. The molecule has 4 heterocycles. The van der Waals surface area contributed by atoms with Gasteiger partial charge in [0.25, 0.3) is 0 Å². The molecule has 1 spiro atoms. The number of carbonyl (C=O) groups excluding carboxylic acids is 1. The van der Waals surface area contributed by atoms with Gasteiger partial charge in [-0.25, -0.2) is 9.37 Å². The third kappa shape index (κ3) is 4.39. The normalized spacial score (nSPS) is 21.9. The highest BCUT2D eigenvalue weighted by molar-refractivity contribution is 7.09.